The standard InChI is InChI=1S/C41H47N3O4.C33H30ClN3O3.C19H9Cl2N3/c1-5-9-12-26(7-3)24-47-31-22-34(45)38(35(46)23-31)40-42-39(43-41(44-40)48-25-27(8-4)13-10-6-2)33-21-19-30-17-16-28-14-11-15-29-18-20-32(33)37(30)36(28)29;1-3-5-7-19(4-2)18-40-23-16-26(38)30(27(39)17-23)32-35-31(36-33(34)37-32)25-15-13-22-11-10-20-8-6-9-21-12-14-24(25)29(22)28(20)21;20-18-22-17(23-19(21)24-18)14-9-7-12-5-4-10-2-1-3-11-6-8-13(14)16(12)15(10)11/h11,14-23,26-27,45-46H,5-10,12-13,24-25H2,1-4H3;6,8-17,19,38-39H,3-5,7,18H2,1-2H3;1-9H. The number of halogens is 3. The Morgan fingerprint density at radius 3 is 0.902 bits per heavy atom. The van der Waals surface area contributed by atoms with Gasteiger partial charge < -0.3 is 34.6 Å². The summed E-state index contributed by atoms with van der Waals surface area (Å²) in [5.41, 5.74) is 2.70. The number of hydrogen-bond acceptors (Lipinski definition) is 16. The molecule has 17 rings (SSSR count). The van der Waals surface area contributed by atoms with Crippen LogP contribution in [0.25, 0.3) is 154 Å². The zero-order valence-corrected chi connectivity index (χ0v) is 65.7. The molecule has 19 heteroatoms. The van der Waals surface area contributed by atoms with Gasteiger partial charge in [-0.15, -0.1) is 0 Å². The first-order valence-electron chi connectivity index (χ1n) is 38.9. The van der Waals surface area contributed by atoms with Crippen LogP contribution in [-0.2, 0) is 0 Å². The monoisotopic (exact) mass is 1550 g/mol. The minimum atomic E-state index is -0.194. The molecule has 566 valence electrons. The van der Waals surface area contributed by atoms with Gasteiger partial charge in [0, 0.05) is 41.0 Å². The molecule has 3 unspecified atom stereocenters. The summed E-state index contributed by atoms with van der Waals surface area (Å²) in [6, 6.07) is 62.9. The molecule has 0 aliphatic heterocycles. The molecule has 14 aromatic carbocycles. The first-order chi connectivity index (χ1) is 54.6. The fraction of sp³-hybridized carbons (Fsp3) is 0.258. The highest BCUT2D eigenvalue weighted by Gasteiger charge is 2.26. The van der Waals surface area contributed by atoms with Crippen LogP contribution in [0.1, 0.15) is 119 Å². The normalized spacial score (nSPS) is 12.5. The SMILES string of the molecule is CCCCC(CC)COc1cc(O)c(-c2nc(Cl)nc(-c3ccc4ccc5cccc6ccc3c4c56)n2)c(O)c1.CCCCC(CC)COc1cc(O)c(-c2nc(OCC(CC)CCCC)nc(-c3ccc4ccc5cccc6ccc3c4c56)n2)c(O)c1.Clc1nc(Cl)nc(-c2ccc3ccc4cccc5ccc2c3c45)n1. The Bertz CT molecular complexity index is 6130. The number of unbranched alkanes of at least 4 members (excludes halogenated alkanes) is 3. The summed E-state index contributed by atoms with van der Waals surface area (Å²) >= 11 is 18.3. The third-order valence-electron chi connectivity index (χ3n) is 21.7. The Morgan fingerprint density at radius 2 is 0.562 bits per heavy atom. The first kappa shape index (κ1) is 76.1. The average Bonchev–Trinajstić information content (AvgIpc) is 0.745. The topological polar surface area (TPSA) is 225 Å². The van der Waals surface area contributed by atoms with E-state index in [1.165, 1.54) is 72.7 Å². The summed E-state index contributed by atoms with van der Waals surface area (Å²) in [6.45, 7) is 14.5. The molecule has 4 N–H and O–H groups in total. The van der Waals surface area contributed by atoms with Crippen LogP contribution in [0.2, 0.25) is 15.9 Å². The predicted molar refractivity (Wildman–Crippen MR) is 456 cm³/mol. The van der Waals surface area contributed by atoms with Crippen LogP contribution in [0.4, 0.5) is 0 Å². The van der Waals surface area contributed by atoms with Crippen molar-refractivity contribution < 1.29 is 34.6 Å². The van der Waals surface area contributed by atoms with Crippen LogP contribution in [-0.4, -0.2) is 85.1 Å². The molecule has 0 spiro atoms. The van der Waals surface area contributed by atoms with Gasteiger partial charge in [0.05, 0.1) is 19.8 Å². The summed E-state index contributed by atoms with van der Waals surface area (Å²) < 4.78 is 18.2. The number of phenolic OH excluding ortho intramolecular Hbond substituents is 4. The minimum Gasteiger partial charge on any atom is -0.507 e. The molecule has 3 aromatic heterocycles. The molecule has 0 aliphatic rings. The molecule has 112 heavy (non-hydrogen) atoms. The largest absolute Gasteiger partial charge is 0.507 e. The van der Waals surface area contributed by atoms with Crippen molar-refractivity contribution in [1.29, 1.82) is 0 Å². The van der Waals surface area contributed by atoms with E-state index in [1.54, 1.807) is 0 Å². The number of phenols is 4. The third-order valence-corrected chi connectivity index (χ3v) is 22.3. The van der Waals surface area contributed by atoms with E-state index in [0.717, 1.165) is 142 Å². The van der Waals surface area contributed by atoms with Crippen molar-refractivity contribution in [2.45, 2.75) is 119 Å². The molecular formula is C93H86Cl3N9O7. The van der Waals surface area contributed by atoms with Gasteiger partial charge >= 0.3 is 6.01 Å². The number of aromatic nitrogens is 9. The van der Waals surface area contributed by atoms with Gasteiger partial charge in [0.25, 0.3) is 0 Å². The fourth-order valence-electron chi connectivity index (χ4n) is 15.6. The molecule has 0 bridgehead atoms. The Balaban J connectivity index is 0.000000139. The Kier molecular flexibility index (Phi) is 22.9. The Hall–Kier alpha value is -11.3. The second-order valence-electron chi connectivity index (χ2n) is 29.0. The van der Waals surface area contributed by atoms with Crippen LogP contribution in [0.15, 0.2) is 188 Å². The molecular weight excluding hydrogens is 1460 g/mol. The maximum absolute atomic E-state index is 11.3. The van der Waals surface area contributed by atoms with Gasteiger partial charge in [-0.25, -0.2) is 9.97 Å². The van der Waals surface area contributed by atoms with Gasteiger partial charge in [-0.05, 0) is 187 Å². The molecule has 0 fully saturated rings. The van der Waals surface area contributed by atoms with Crippen molar-refractivity contribution in [2.24, 2.45) is 17.8 Å². The van der Waals surface area contributed by atoms with E-state index in [2.05, 4.69) is 216 Å². The van der Waals surface area contributed by atoms with Gasteiger partial charge in [0.15, 0.2) is 29.1 Å². The summed E-state index contributed by atoms with van der Waals surface area (Å²) in [5, 5.41) is 65.3. The van der Waals surface area contributed by atoms with Gasteiger partial charge in [0.1, 0.15) is 45.6 Å². The lowest BCUT2D eigenvalue weighted by Crippen LogP contribution is -2.13. The summed E-state index contributed by atoms with van der Waals surface area (Å²) in [4.78, 5) is 40.0. The third kappa shape index (κ3) is 15.7. The van der Waals surface area contributed by atoms with Gasteiger partial charge in [-0.1, -0.05) is 245 Å². The highest BCUT2D eigenvalue weighted by atomic mass is 35.5. The van der Waals surface area contributed by atoms with E-state index in [4.69, 9.17) is 59.0 Å². The first-order valence-corrected chi connectivity index (χ1v) is 40.0. The fourth-order valence-corrected chi connectivity index (χ4v) is 16.1. The lowest BCUT2D eigenvalue weighted by atomic mass is 9.92. The molecule has 0 amide bonds. The maximum atomic E-state index is 11.3. The van der Waals surface area contributed by atoms with E-state index < -0.39 is 0 Å². The summed E-state index contributed by atoms with van der Waals surface area (Å²) in [5.74, 6) is 2.74. The number of aromatic hydroxyl groups is 4. The quantitative estimate of drug-likeness (QED) is 0.0370. The predicted octanol–water partition coefficient (Wildman–Crippen LogP) is 25.2. The number of benzene rings is 14. The Morgan fingerprint density at radius 1 is 0.295 bits per heavy atom. The second kappa shape index (κ2) is 33.7. The Labute approximate surface area is 664 Å². The van der Waals surface area contributed by atoms with Gasteiger partial charge in [-0.3, -0.25) is 0 Å². The van der Waals surface area contributed by atoms with Crippen molar-refractivity contribution in [3.05, 3.63) is 204 Å². The van der Waals surface area contributed by atoms with Crippen LogP contribution in [0.3, 0.4) is 0 Å². The van der Waals surface area contributed by atoms with Crippen molar-refractivity contribution in [2.75, 3.05) is 19.8 Å². The number of ether oxygens (including phenoxy) is 3. The number of rotatable bonds is 26. The average molecular weight is 1550 g/mol. The molecule has 17 aromatic rings. The van der Waals surface area contributed by atoms with Crippen molar-refractivity contribution >= 4 is 132 Å². The van der Waals surface area contributed by atoms with E-state index in [0.29, 0.717) is 66.5 Å². The smallest absolute Gasteiger partial charge is 0.320 e. The lowest BCUT2D eigenvalue weighted by Gasteiger charge is -2.18. The van der Waals surface area contributed by atoms with Gasteiger partial charge in [-0.2, -0.15) is 34.9 Å². The summed E-state index contributed by atoms with van der Waals surface area (Å²) in [6.07, 6.45) is 13.0. The molecule has 0 radical (unpaired) electrons. The molecule has 16 nitrogen and oxygen atoms in total. The summed E-state index contributed by atoms with van der Waals surface area (Å²) in [7, 11) is 0. The highest BCUT2D eigenvalue weighted by Crippen LogP contribution is 2.46. The van der Waals surface area contributed by atoms with Crippen molar-refractivity contribution in [3.63, 3.8) is 0 Å². The minimum absolute atomic E-state index is 0.0356. The zero-order valence-electron chi connectivity index (χ0n) is 63.4. The lowest BCUT2D eigenvalue weighted by molar-refractivity contribution is 0.217. The van der Waals surface area contributed by atoms with E-state index >= 15 is 0 Å². The van der Waals surface area contributed by atoms with Crippen LogP contribution < -0.4 is 14.2 Å². The molecule has 0 saturated heterocycles. The van der Waals surface area contributed by atoms with Crippen LogP contribution in [0, 0.1) is 17.8 Å². The van der Waals surface area contributed by atoms with Crippen molar-refractivity contribution in [1.82, 2.24) is 44.9 Å². The van der Waals surface area contributed by atoms with E-state index in [9.17, 15) is 20.4 Å². The molecule has 0 saturated carbocycles. The maximum Gasteiger partial charge on any atom is 0.320 e. The number of nitrogens with zero attached hydrogens (tertiary/aromatic N) is 9. The molecule has 3 atom stereocenters. The van der Waals surface area contributed by atoms with Crippen LogP contribution in [0.5, 0.6) is 40.5 Å². The molecule has 3 heterocycles. The molecule has 0 aliphatic carbocycles. The highest BCUT2D eigenvalue weighted by molar-refractivity contribution is 6.32. The van der Waals surface area contributed by atoms with E-state index in [1.807, 2.05) is 24.3 Å². The van der Waals surface area contributed by atoms with Crippen molar-refractivity contribution in [3.8, 4) is 97.4 Å². The zero-order chi connectivity index (χ0) is 77.7. The van der Waals surface area contributed by atoms with Gasteiger partial charge in [0.2, 0.25) is 15.9 Å². The second-order valence-corrected chi connectivity index (χ2v) is 30.0. The van der Waals surface area contributed by atoms with Crippen LogP contribution >= 0.6 is 34.8 Å². The number of hydrogen-bond donors (Lipinski definition) is 4. The van der Waals surface area contributed by atoms with E-state index in [-0.39, 0.29) is 67.6 Å².